The van der Waals surface area contributed by atoms with Crippen molar-refractivity contribution in [1.82, 2.24) is 10.2 Å². The van der Waals surface area contributed by atoms with Gasteiger partial charge >= 0.3 is 0 Å². The molecule has 0 saturated carbocycles. The van der Waals surface area contributed by atoms with Gasteiger partial charge in [0.05, 0.1) is 6.42 Å². The molecule has 1 N–H and O–H groups in total. The fourth-order valence-corrected chi connectivity index (χ4v) is 4.48. The van der Waals surface area contributed by atoms with Gasteiger partial charge in [0.25, 0.3) is 0 Å². The second-order valence-electron chi connectivity index (χ2n) is 9.47. The molecule has 0 aliphatic rings. The standard InChI is InChI=1S/C31H38N2O2/c1-5-6-16-32-31(35)29(20-26-13-8-7-9-14-26)33(22-28-15-11-10-12-25(28)4)30(34)21-27-18-23(2)17-24(3)19-27/h7-15,17-19,29H,5-6,16,20-22H2,1-4H3,(H,32,35)/t29-/m0/s1. The molecule has 0 aliphatic heterocycles. The van der Waals surface area contributed by atoms with Crippen molar-refractivity contribution in [2.24, 2.45) is 0 Å². The lowest BCUT2D eigenvalue weighted by molar-refractivity contribution is -0.140. The Kier molecular flexibility index (Phi) is 9.66. The van der Waals surface area contributed by atoms with Gasteiger partial charge in [-0.2, -0.15) is 0 Å². The van der Waals surface area contributed by atoms with E-state index in [-0.39, 0.29) is 18.2 Å². The normalized spacial score (nSPS) is 11.7. The summed E-state index contributed by atoms with van der Waals surface area (Å²) in [5.74, 6) is -0.130. The van der Waals surface area contributed by atoms with Crippen molar-refractivity contribution in [3.8, 4) is 0 Å². The van der Waals surface area contributed by atoms with Crippen LogP contribution in [0.2, 0.25) is 0 Å². The van der Waals surface area contributed by atoms with Crippen LogP contribution >= 0.6 is 0 Å². The number of aryl methyl sites for hydroxylation is 3. The van der Waals surface area contributed by atoms with Crippen LogP contribution in [0.15, 0.2) is 72.8 Å². The summed E-state index contributed by atoms with van der Waals surface area (Å²) in [4.78, 5) is 29.1. The van der Waals surface area contributed by atoms with Gasteiger partial charge in [-0.3, -0.25) is 9.59 Å². The van der Waals surface area contributed by atoms with Gasteiger partial charge < -0.3 is 10.2 Å². The Balaban J connectivity index is 1.97. The number of nitrogens with zero attached hydrogens (tertiary/aromatic N) is 1. The third-order valence-corrected chi connectivity index (χ3v) is 6.34. The zero-order valence-electron chi connectivity index (χ0n) is 21.5. The molecule has 4 heteroatoms. The van der Waals surface area contributed by atoms with Gasteiger partial charge in [-0.25, -0.2) is 0 Å². The summed E-state index contributed by atoms with van der Waals surface area (Å²) >= 11 is 0. The van der Waals surface area contributed by atoms with Crippen molar-refractivity contribution in [1.29, 1.82) is 0 Å². The number of rotatable bonds is 11. The van der Waals surface area contributed by atoms with Gasteiger partial charge in [0.1, 0.15) is 6.04 Å². The summed E-state index contributed by atoms with van der Waals surface area (Å²) in [5.41, 5.74) is 6.46. The number of hydrogen-bond acceptors (Lipinski definition) is 2. The highest BCUT2D eigenvalue weighted by Gasteiger charge is 2.30. The van der Waals surface area contributed by atoms with Gasteiger partial charge in [0, 0.05) is 19.5 Å². The topological polar surface area (TPSA) is 49.4 Å². The predicted octanol–water partition coefficient (Wildman–Crippen LogP) is 5.71. The second kappa shape index (κ2) is 12.9. The Morgan fingerprint density at radius 3 is 2.17 bits per heavy atom. The minimum absolute atomic E-state index is 0.0372. The van der Waals surface area contributed by atoms with E-state index in [2.05, 4.69) is 43.4 Å². The smallest absolute Gasteiger partial charge is 0.243 e. The third kappa shape index (κ3) is 7.81. The number of hydrogen-bond donors (Lipinski definition) is 1. The molecular formula is C31H38N2O2. The Morgan fingerprint density at radius 2 is 1.51 bits per heavy atom. The quantitative estimate of drug-likeness (QED) is 0.365. The van der Waals surface area contributed by atoms with E-state index in [4.69, 9.17) is 0 Å². The highest BCUT2D eigenvalue weighted by atomic mass is 16.2. The highest BCUT2D eigenvalue weighted by molar-refractivity contribution is 5.88. The van der Waals surface area contributed by atoms with Gasteiger partial charge in [0.15, 0.2) is 0 Å². The molecule has 0 fully saturated rings. The first-order valence-electron chi connectivity index (χ1n) is 12.6. The molecule has 2 amide bonds. The van der Waals surface area contributed by atoms with Crippen molar-refractivity contribution >= 4 is 11.8 Å². The van der Waals surface area contributed by atoms with E-state index in [9.17, 15) is 9.59 Å². The van der Waals surface area contributed by atoms with Crippen LogP contribution < -0.4 is 5.32 Å². The van der Waals surface area contributed by atoms with Gasteiger partial charge in [-0.1, -0.05) is 97.3 Å². The average Bonchev–Trinajstić information content (AvgIpc) is 2.82. The fourth-order valence-electron chi connectivity index (χ4n) is 4.48. The maximum Gasteiger partial charge on any atom is 0.243 e. The summed E-state index contributed by atoms with van der Waals surface area (Å²) in [5, 5.41) is 3.09. The number of carbonyl (C=O) groups is 2. The minimum Gasteiger partial charge on any atom is -0.354 e. The largest absolute Gasteiger partial charge is 0.354 e. The van der Waals surface area contributed by atoms with E-state index in [0.29, 0.717) is 19.5 Å². The molecule has 0 heterocycles. The molecule has 3 aromatic carbocycles. The van der Waals surface area contributed by atoms with Crippen LogP contribution in [-0.2, 0) is 29.0 Å². The van der Waals surface area contributed by atoms with Crippen molar-refractivity contribution < 1.29 is 9.59 Å². The molecule has 3 rings (SSSR count). The Morgan fingerprint density at radius 1 is 0.857 bits per heavy atom. The van der Waals surface area contributed by atoms with Crippen LogP contribution in [0.5, 0.6) is 0 Å². The molecule has 0 aromatic heterocycles. The molecular weight excluding hydrogens is 432 g/mol. The molecule has 0 saturated heterocycles. The van der Waals surface area contributed by atoms with Gasteiger partial charge in [0.2, 0.25) is 11.8 Å². The van der Waals surface area contributed by atoms with Crippen molar-refractivity contribution in [3.63, 3.8) is 0 Å². The first-order valence-corrected chi connectivity index (χ1v) is 12.6. The first kappa shape index (κ1) is 26.2. The zero-order valence-corrected chi connectivity index (χ0v) is 21.5. The second-order valence-corrected chi connectivity index (χ2v) is 9.47. The molecule has 184 valence electrons. The van der Waals surface area contributed by atoms with E-state index in [1.807, 2.05) is 62.4 Å². The Labute approximate surface area is 210 Å². The molecule has 0 radical (unpaired) electrons. The van der Waals surface area contributed by atoms with Crippen LogP contribution in [0.1, 0.15) is 53.1 Å². The van der Waals surface area contributed by atoms with Crippen molar-refractivity contribution in [3.05, 3.63) is 106 Å². The van der Waals surface area contributed by atoms with E-state index in [1.165, 1.54) is 0 Å². The third-order valence-electron chi connectivity index (χ3n) is 6.34. The lowest BCUT2D eigenvalue weighted by atomic mass is 9.99. The van der Waals surface area contributed by atoms with Crippen LogP contribution in [0.4, 0.5) is 0 Å². The summed E-state index contributed by atoms with van der Waals surface area (Å²) in [6.45, 7) is 9.26. The number of benzene rings is 3. The van der Waals surface area contributed by atoms with Crippen LogP contribution in [0.25, 0.3) is 0 Å². The summed E-state index contributed by atoms with van der Waals surface area (Å²) in [7, 11) is 0. The van der Waals surface area contributed by atoms with Crippen molar-refractivity contribution in [2.75, 3.05) is 6.54 Å². The minimum atomic E-state index is -0.590. The van der Waals surface area contributed by atoms with Gasteiger partial charge in [-0.15, -0.1) is 0 Å². The summed E-state index contributed by atoms with van der Waals surface area (Å²) < 4.78 is 0. The highest BCUT2D eigenvalue weighted by Crippen LogP contribution is 2.19. The molecule has 1 atom stereocenters. The fraction of sp³-hybridized carbons (Fsp3) is 0.355. The van der Waals surface area contributed by atoms with E-state index in [0.717, 1.165) is 46.2 Å². The summed E-state index contributed by atoms with van der Waals surface area (Å²) in [6.07, 6.45) is 2.66. The zero-order chi connectivity index (χ0) is 25.2. The van der Waals surface area contributed by atoms with Crippen LogP contribution in [0.3, 0.4) is 0 Å². The molecule has 4 nitrogen and oxygen atoms in total. The first-order chi connectivity index (χ1) is 16.9. The SMILES string of the molecule is CCCCNC(=O)[C@H](Cc1ccccc1)N(Cc1ccccc1C)C(=O)Cc1cc(C)cc(C)c1. The van der Waals surface area contributed by atoms with Crippen LogP contribution in [0, 0.1) is 20.8 Å². The average molecular weight is 471 g/mol. The lowest BCUT2D eigenvalue weighted by Crippen LogP contribution is -2.51. The lowest BCUT2D eigenvalue weighted by Gasteiger charge is -2.32. The molecule has 0 bridgehead atoms. The molecule has 0 spiro atoms. The molecule has 0 unspecified atom stereocenters. The number of nitrogens with one attached hydrogen (secondary N) is 1. The van der Waals surface area contributed by atoms with E-state index >= 15 is 0 Å². The Bertz CT molecular complexity index is 1100. The maximum atomic E-state index is 13.9. The van der Waals surface area contributed by atoms with Gasteiger partial charge in [-0.05, 0) is 49.4 Å². The molecule has 35 heavy (non-hydrogen) atoms. The van der Waals surface area contributed by atoms with Crippen molar-refractivity contribution in [2.45, 2.75) is 66.0 Å². The predicted molar refractivity (Wildman–Crippen MR) is 143 cm³/mol. The maximum absolute atomic E-state index is 13.9. The number of carbonyl (C=O) groups excluding carboxylic acids is 2. The van der Waals surface area contributed by atoms with E-state index < -0.39 is 6.04 Å². The number of amides is 2. The molecule has 0 aliphatic carbocycles. The Hall–Kier alpha value is -3.40. The van der Waals surface area contributed by atoms with E-state index in [1.54, 1.807) is 4.90 Å². The number of unbranched alkanes of at least 4 members (excludes halogenated alkanes) is 1. The summed E-state index contributed by atoms with van der Waals surface area (Å²) in [6, 6.07) is 23.7. The monoisotopic (exact) mass is 470 g/mol. The molecule has 3 aromatic rings. The van der Waals surface area contributed by atoms with Crippen LogP contribution in [-0.4, -0.2) is 29.3 Å².